The average molecular weight is 249 g/mol. The largest absolute Gasteiger partial charge is 0.549 e. The molecule has 0 aliphatic carbocycles. The average Bonchev–Trinajstić information content (AvgIpc) is 2.07. The van der Waals surface area contributed by atoms with Crippen LogP contribution in [0.3, 0.4) is 0 Å². The maximum absolute atomic E-state index is 10.1. The van der Waals surface area contributed by atoms with Crippen molar-refractivity contribution in [1.82, 2.24) is 0 Å². The summed E-state index contributed by atoms with van der Waals surface area (Å²) < 4.78 is 28.7. The molecule has 0 rings (SSSR count). The summed E-state index contributed by atoms with van der Waals surface area (Å²) >= 11 is 0. The molecule has 0 aromatic carbocycles. The van der Waals surface area contributed by atoms with Gasteiger partial charge < -0.3 is 0 Å². The standard InChI is InChI=1S/C8H20P.F2HO2P/c1-5-9(6-2,7-3)8-4;1-5(2,3)4/h5-8H2,1-4H3;(H,3,4)/q+1;. The van der Waals surface area contributed by atoms with E-state index in [0.29, 0.717) is 0 Å². The third-order valence-corrected chi connectivity index (χ3v) is 8.05. The number of halogens is 2. The topological polar surface area (TPSA) is 37.3 Å². The highest BCUT2D eigenvalue weighted by molar-refractivity contribution is 7.75. The fraction of sp³-hybridized carbons (Fsp3) is 1.00. The minimum absolute atomic E-state index is 0.420. The van der Waals surface area contributed by atoms with Crippen LogP contribution in [0.15, 0.2) is 0 Å². The first kappa shape index (κ1) is 16.9. The molecule has 0 saturated carbocycles. The summed E-state index contributed by atoms with van der Waals surface area (Å²) in [4.78, 5) is 6.74. The van der Waals surface area contributed by atoms with Gasteiger partial charge in [0.1, 0.15) is 0 Å². The van der Waals surface area contributed by atoms with E-state index in [1.807, 2.05) is 0 Å². The van der Waals surface area contributed by atoms with Gasteiger partial charge in [-0.3, -0.25) is 4.89 Å². The maximum Gasteiger partial charge on any atom is 0.549 e. The molecule has 0 amide bonds. The predicted molar refractivity (Wildman–Crippen MR) is 61.1 cm³/mol. The summed E-state index contributed by atoms with van der Waals surface area (Å²) in [6.45, 7) is 9.41. The summed E-state index contributed by atoms with van der Waals surface area (Å²) in [6, 6.07) is 0. The minimum atomic E-state index is -5.64. The van der Waals surface area contributed by atoms with Gasteiger partial charge in [-0.1, -0.05) is 0 Å². The van der Waals surface area contributed by atoms with E-state index in [-0.39, 0.29) is 0 Å². The zero-order valence-corrected chi connectivity index (χ0v) is 11.1. The van der Waals surface area contributed by atoms with Crippen LogP contribution in [-0.2, 0) is 4.57 Å². The molecule has 0 unspecified atom stereocenters. The molecule has 0 heterocycles. The molecule has 0 saturated heterocycles. The first-order valence-electron chi connectivity index (χ1n) is 4.81. The van der Waals surface area contributed by atoms with Gasteiger partial charge in [0, 0.05) is 7.26 Å². The van der Waals surface area contributed by atoms with Gasteiger partial charge in [0.2, 0.25) is 0 Å². The molecule has 0 aliphatic rings. The quantitative estimate of drug-likeness (QED) is 0.761. The van der Waals surface area contributed by atoms with Crippen LogP contribution in [0, 0.1) is 0 Å². The second kappa shape index (κ2) is 7.73. The van der Waals surface area contributed by atoms with Gasteiger partial charge >= 0.3 is 7.99 Å². The van der Waals surface area contributed by atoms with Crippen molar-refractivity contribution in [2.45, 2.75) is 27.7 Å². The summed E-state index contributed by atoms with van der Waals surface area (Å²) in [5.41, 5.74) is 0. The van der Waals surface area contributed by atoms with Gasteiger partial charge in [0.25, 0.3) is 0 Å². The Morgan fingerprint density at radius 2 is 1.14 bits per heavy atom. The molecule has 0 bridgehead atoms. The first-order valence-corrected chi connectivity index (χ1v) is 8.79. The Hall–Kier alpha value is 0.480. The molecule has 0 fully saturated rings. The van der Waals surface area contributed by atoms with E-state index in [9.17, 15) is 8.39 Å². The van der Waals surface area contributed by atoms with Gasteiger partial charge in [-0.25, -0.2) is 4.57 Å². The lowest BCUT2D eigenvalue weighted by atomic mass is 10.9. The molecule has 1 N–H and O–H groups in total. The van der Waals surface area contributed by atoms with Gasteiger partial charge in [0.15, 0.2) is 0 Å². The zero-order chi connectivity index (χ0) is 11.8. The van der Waals surface area contributed by atoms with E-state index in [0.717, 1.165) is 0 Å². The van der Waals surface area contributed by atoms with Crippen LogP contribution in [-0.4, -0.2) is 29.5 Å². The predicted octanol–water partition coefficient (Wildman–Crippen LogP) is 4.11. The van der Waals surface area contributed by atoms with Crippen molar-refractivity contribution < 1.29 is 17.9 Å². The summed E-state index contributed by atoms with van der Waals surface area (Å²) in [5.74, 6) is 0. The fourth-order valence-electron chi connectivity index (χ4n) is 1.34. The van der Waals surface area contributed by atoms with Crippen LogP contribution < -0.4 is 0 Å². The third kappa shape index (κ3) is 10.6. The van der Waals surface area contributed by atoms with E-state index in [1.54, 1.807) is 0 Å². The lowest BCUT2D eigenvalue weighted by molar-refractivity contribution is 0.376. The van der Waals surface area contributed by atoms with Crippen LogP contribution in [0.5, 0.6) is 0 Å². The Balaban J connectivity index is 0. The number of rotatable bonds is 4. The molecular formula is C8H21F2O2P2+. The Morgan fingerprint density at radius 1 is 1.00 bits per heavy atom. The van der Waals surface area contributed by atoms with Crippen LogP contribution in [0.4, 0.5) is 8.39 Å². The second-order valence-electron chi connectivity index (χ2n) is 3.04. The second-order valence-corrected chi connectivity index (χ2v) is 9.12. The Morgan fingerprint density at radius 3 is 1.14 bits per heavy atom. The van der Waals surface area contributed by atoms with Crippen molar-refractivity contribution in [3.8, 4) is 0 Å². The molecule has 0 atom stereocenters. The molecule has 0 spiro atoms. The Kier molecular flexibility index (Phi) is 9.33. The van der Waals surface area contributed by atoms with E-state index < -0.39 is 15.3 Å². The highest BCUT2D eigenvalue weighted by Crippen LogP contribution is 2.57. The van der Waals surface area contributed by atoms with E-state index in [2.05, 4.69) is 27.7 Å². The Bertz CT molecular complexity index is 152. The van der Waals surface area contributed by atoms with Gasteiger partial charge in [0.05, 0.1) is 24.6 Å². The van der Waals surface area contributed by atoms with Crippen molar-refractivity contribution in [3.05, 3.63) is 0 Å². The molecule has 0 aromatic heterocycles. The highest BCUT2D eigenvalue weighted by Gasteiger charge is 2.27. The number of hydrogen-bond donors (Lipinski definition) is 1. The van der Waals surface area contributed by atoms with E-state index in [1.165, 1.54) is 24.6 Å². The van der Waals surface area contributed by atoms with Crippen LogP contribution in [0.2, 0.25) is 0 Å². The first-order chi connectivity index (χ1) is 6.24. The van der Waals surface area contributed by atoms with Crippen molar-refractivity contribution in [2.24, 2.45) is 0 Å². The van der Waals surface area contributed by atoms with Crippen LogP contribution >= 0.6 is 15.3 Å². The van der Waals surface area contributed by atoms with Gasteiger partial charge in [-0.15, -0.1) is 8.39 Å². The lowest BCUT2D eigenvalue weighted by Gasteiger charge is -2.20. The molecule has 0 aromatic rings. The summed E-state index contributed by atoms with van der Waals surface area (Å²) in [5, 5.41) is 0. The smallest absolute Gasteiger partial charge is 0.296 e. The van der Waals surface area contributed by atoms with E-state index in [4.69, 9.17) is 9.46 Å². The molecular weight excluding hydrogens is 228 g/mol. The molecule has 88 valence electrons. The maximum atomic E-state index is 10.1. The minimum Gasteiger partial charge on any atom is -0.296 e. The fourth-order valence-corrected chi connectivity index (χ4v) is 4.02. The highest BCUT2D eigenvalue weighted by atomic mass is 31.2. The molecule has 2 nitrogen and oxygen atoms in total. The zero-order valence-electron chi connectivity index (χ0n) is 9.33. The SMILES string of the molecule is CC[P+](CC)(CC)CC.O=P(O)(F)F. The van der Waals surface area contributed by atoms with Crippen LogP contribution in [0.1, 0.15) is 27.7 Å². The monoisotopic (exact) mass is 249 g/mol. The summed E-state index contributed by atoms with van der Waals surface area (Å²) in [6.07, 6.45) is 5.82. The van der Waals surface area contributed by atoms with Crippen LogP contribution in [0.25, 0.3) is 0 Å². The van der Waals surface area contributed by atoms with Crippen molar-refractivity contribution in [2.75, 3.05) is 24.6 Å². The normalized spacial score (nSPS) is 11.9. The van der Waals surface area contributed by atoms with Gasteiger partial charge in [-0.05, 0) is 27.7 Å². The third-order valence-electron chi connectivity index (χ3n) is 2.68. The molecule has 0 radical (unpaired) electrons. The van der Waals surface area contributed by atoms with Crippen molar-refractivity contribution in [1.29, 1.82) is 0 Å². The molecule has 0 aliphatic heterocycles. The van der Waals surface area contributed by atoms with E-state index >= 15 is 0 Å². The van der Waals surface area contributed by atoms with Crippen molar-refractivity contribution >= 4 is 15.3 Å². The lowest BCUT2D eigenvalue weighted by Crippen LogP contribution is -2.04. The van der Waals surface area contributed by atoms with Crippen molar-refractivity contribution in [3.63, 3.8) is 0 Å². The molecule has 14 heavy (non-hydrogen) atoms. The Labute approximate surface area is 86.1 Å². The number of hydrogen-bond acceptors (Lipinski definition) is 1. The summed E-state index contributed by atoms with van der Waals surface area (Å²) in [7, 11) is -6.06. The molecule has 6 heteroatoms. The van der Waals surface area contributed by atoms with Gasteiger partial charge in [-0.2, -0.15) is 0 Å².